The van der Waals surface area contributed by atoms with Crippen LogP contribution in [0.25, 0.3) is 0 Å². The van der Waals surface area contributed by atoms with Gasteiger partial charge >= 0.3 is 0 Å². The van der Waals surface area contributed by atoms with E-state index >= 15 is 0 Å². The van der Waals surface area contributed by atoms with Crippen molar-refractivity contribution >= 4 is 23.4 Å². The number of hydrazone groups is 1. The molecule has 3 aromatic carbocycles. The monoisotopic (exact) mass is 300 g/mol. The van der Waals surface area contributed by atoms with E-state index in [-0.39, 0.29) is 0 Å². The molecule has 0 aliphatic heterocycles. The molecule has 0 radical (unpaired) electrons. The summed E-state index contributed by atoms with van der Waals surface area (Å²) in [7, 11) is 0. The molecule has 0 atom stereocenters. The number of benzene rings is 3. The van der Waals surface area contributed by atoms with Crippen LogP contribution >= 0.6 is 0 Å². The topological polar surface area (TPSA) is 32.7 Å². The van der Waals surface area contributed by atoms with E-state index in [1.807, 2.05) is 91.0 Å². The van der Waals surface area contributed by atoms with E-state index in [9.17, 15) is 4.79 Å². The van der Waals surface area contributed by atoms with Gasteiger partial charge in [-0.1, -0.05) is 66.7 Å². The van der Waals surface area contributed by atoms with Crippen LogP contribution in [0, 0.1) is 0 Å². The van der Waals surface area contributed by atoms with Crippen molar-refractivity contribution in [3.8, 4) is 0 Å². The van der Waals surface area contributed by atoms with E-state index in [1.165, 1.54) is 0 Å². The Morgan fingerprint density at radius 2 is 1.13 bits per heavy atom. The van der Waals surface area contributed by atoms with Gasteiger partial charge in [0.25, 0.3) is 0 Å². The standard InChI is InChI=1S/C20H16N2O/c23-16-20(17-10-4-1-5-11-17)21-22(18-12-6-2-7-13-18)19-14-8-3-9-15-19/h1-16H. The average Bonchev–Trinajstić information content (AvgIpc) is 2.65. The second kappa shape index (κ2) is 7.18. The molecule has 0 amide bonds. The fourth-order valence-corrected chi connectivity index (χ4v) is 2.27. The van der Waals surface area contributed by atoms with Crippen molar-refractivity contribution in [1.82, 2.24) is 0 Å². The van der Waals surface area contributed by atoms with Crippen LogP contribution in [0.2, 0.25) is 0 Å². The van der Waals surface area contributed by atoms with Crippen molar-refractivity contribution in [1.29, 1.82) is 0 Å². The molecule has 23 heavy (non-hydrogen) atoms. The number of hydrogen-bond acceptors (Lipinski definition) is 3. The predicted octanol–water partition coefficient (Wildman–Crippen LogP) is 4.43. The molecule has 0 spiro atoms. The molecule has 0 N–H and O–H groups in total. The number of carbonyl (C=O) groups excluding carboxylic acids is 1. The zero-order valence-corrected chi connectivity index (χ0v) is 12.5. The summed E-state index contributed by atoms with van der Waals surface area (Å²) >= 11 is 0. The highest BCUT2D eigenvalue weighted by molar-refractivity contribution is 6.36. The number of nitrogens with zero attached hydrogens (tertiary/aromatic N) is 2. The van der Waals surface area contributed by atoms with Gasteiger partial charge in [0.05, 0.1) is 11.4 Å². The van der Waals surface area contributed by atoms with Gasteiger partial charge in [-0.3, -0.25) is 4.79 Å². The number of para-hydroxylation sites is 2. The first-order chi connectivity index (χ1) is 11.4. The Kier molecular flexibility index (Phi) is 4.60. The lowest BCUT2D eigenvalue weighted by Gasteiger charge is -2.20. The summed E-state index contributed by atoms with van der Waals surface area (Å²) in [5.41, 5.74) is 2.97. The zero-order chi connectivity index (χ0) is 15.9. The van der Waals surface area contributed by atoms with Crippen LogP contribution in [0.15, 0.2) is 96.1 Å². The first-order valence-corrected chi connectivity index (χ1v) is 7.38. The molecular formula is C20H16N2O. The number of hydrogen-bond donors (Lipinski definition) is 0. The van der Waals surface area contributed by atoms with Gasteiger partial charge in [0.2, 0.25) is 0 Å². The number of rotatable bonds is 5. The summed E-state index contributed by atoms with van der Waals surface area (Å²) in [5.74, 6) is 0. The van der Waals surface area contributed by atoms with Gasteiger partial charge < -0.3 is 0 Å². The summed E-state index contributed by atoms with van der Waals surface area (Å²) in [6, 6.07) is 29.0. The third-order valence-corrected chi connectivity index (χ3v) is 3.39. The molecule has 0 bridgehead atoms. The summed E-state index contributed by atoms with van der Waals surface area (Å²) in [4.78, 5) is 11.5. The van der Waals surface area contributed by atoms with Gasteiger partial charge in [-0.05, 0) is 24.3 Å². The second-order valence-electron chi connectivity index (χ2n) is 4.95. The minimum Gasteiger partial charge on any atom is -0.296 e. The first-order valence-electron chi connectivity index (χ1n) is 7.38. The molecule has 0 heterocycles. The van der Waals surface area contributed by atoms with E-state index < -0.39 is 0 Å². The first kappa shape index (κ1) is 14.7. The minimum absolute atomic E-state index is 0.387. The SMILES string of the molecule is O=CC(=NN(c1ccccc1)c1ccccc1)c1ccccc1. The van der Waals surface area contributed by atoms with Crippen molar-refractivity contribution in [2.75, 3.05) is 5.01 Å². The highest BCUT2D eigenvalue weighted by atomic mass is 16.1. The number of aldehydes is 1. The molecule has 3 aromatic rings. The number of anilines is 2. The van der Waals surface area contributed by atoms with E-state index in [0.29, 0.717) is 5.71 Å². The zero-order valence-electron chi connectivity index (χ0n) is 12.5. The third kappa shape index (κ3) is 3.52. The molecule has 0 aliphatic carbocycles. The molecule has 3 heteroatoms. The third-order valence-electron chi connectivity index (χ3n) is 3.39. The lowest BCUT2D eigenvalue weighted by atomic mass is 10.1. The summed E-state index contributed by atoms with van der Waals surface area (Å²) < 4.78 is 0. The van der Waals surface area contributed by atoms with Gasteiger partial charge in [-0.2, -0.15) is 5.10 Å². The maximum atomic E-state index is 11.5. The Balaban J connectivity index is 2.09. The molecule has 0 aliphatic rings. The molecule has 3 rings (SSSR count). The van der Waals surface area contributed by atoms with E-state index in [1.54, 1.807) is 5.01 Å². The molecule has 0 aromatic heterocycles. The molecule has 0 fully saturated rings. The fourth-order valence-electron chi connectivity index (χ4n) is 2.27. The minimum atomic E-state index is 0.387. The van der Waals surface area contributed by atoms with Gasteiger partial charge in [0, 0.05) is 5.56 Å². The molecule has 0 saturated carbocycles. The highest BCUT2D eigenvalue weighted by Crippen LogP contribution is 2.25. The van der Waals surface area contributed by atoms with Crippen molar-refractivity contribution in [2.24, 2.45) is 5.10 Å². The lowest BCUT2D eigenvalue weighted by molar-refractivity contribution is -0.102. The van der Waals surface area contributed by atoms with Gasteiger partial charge in [0.1, 0.15) is 5.71 Å². The fraction of sp³-hybridized carbons (Fsp3) is 0. The highest BCUT2D eigenvalue weighted by Gasteiger charge is 2.10. The Bertz CT molecular complexity index is 744. The Morgan fingerprint density at radius 3 is 1.57 bits per heavy atom. The average molecular weight is 300 g/mol. The van der Waals surface area contributed by atoms with Gasteiger partial charge in [-0.25, -0.2) is 5.01 Å². The van der Waals surface area contributed by atoms with Gasteiger partial charge in [0.15, 0.2) is 6.29 Å². The Hall–Kier alpha value is -3.20. The van der Waals surface area contributed by atoms with Crippen LogP contribution in [0.5, 0.6) is 0 Å². The normalized spacial score (nSPS) is 11.0. The van der Waals surface area contributed by atoms with E-state index in [2.05, 4.69) is 5.10 Å². The summed E-state index contributed by atoms with van der Waals surface area (Å²) in [5, 5.41) is 6.36. The Labute approximate surface area is 135 Å². The van der Waals surface area contributed by atoms with Crippen molar-refractivity contribution in [2.45, 2.75) is 0 Å². The largest absolute Gasteiger partial charge is 0.296 e. The van der Waals surface area contributed by atoms with E-state index in [0.717, 1.165) is 23.2 Å². The molecule has 0 saturated heterocycles. The quantitative estimate of drug-likeness (QED) is 0.397. The van der Waals surface area contributed by atoms with Gasteiger partial charge in [-0.15, -0.1) is 0 Å². The van der Waals surface area contributed by atoms with E-state index in [4.69, 9.17) is 0 Å². The molecule has 0 unspecified atom stereocenters. The molecule has 3 nitrogen and oxygen atoms in total. The van der Waals surface area contributed by atoms with Crippen LogP contribution in [-0.2, 0) is 4.79 Å². The molecule has 112 valence electrons. The second-order valence-corrected chi connectivity index (χ2v) is 4.95. The summed E-state index contributed by atoms with van der Waals surface area (Å²) in [6.07, 6.45) is 0.786. The maximum absolute atomic E-state index is 11.5. The van der Waals surface area contributed by atoms with Crippen LogP contribution in [0.3, 0.4) is 0 Å². The van der Waals surface area contributed by atoms with Crippen LogP contribution in [0.1, 0.15) is 5.56 Å². The van der Waals surface area contributed by atoms with Crippen LogP contribution < -0.4 is 5.01 Å². The van der Waals surface area contributed by atoms with Crippen molar-refractivity contribution in [3.05, 3.63) is 96.6 Å². The van der Waals surface area contributed by atoms with Crippen molar-refractivity contribution < 1.29 is 4.79 Å². The molecular weight excluding hydrogens is 284 g/mol. The van der Waals surface area contributed by atoms with Crippen LogP contribution in [-0.4, -0.2) is 12.0 Å². The predicted molar refractivity (Wildman–Crippen MR) is 94.1 cm³/mol. The number of carbonyl (C=O) groups is 1. The lowest BCUT2D eigenvalue weighted by Crippen LogP contribution is -2.15. The van der Waals surface area contributed by atoms with Crippen molar-refractivity contribution in [3.63, 3.8) is 0 Å². The Morgan fingerprint density at radius 1 is 0.696 bits per heavy atom. The maximum Gasteiger partial charge on any atom is 0.170 e. The van der Waals surface area contributed by atoms with Crippen LogP contribution in [0.4, 0.5) is 11.4 Å². The summed E-state index contributed by atoms with van der Waals surface area (Å²) in [6.45, 7) is 0. The smallest absolute Gasteiger partial charge is 0.170 e.